The van der Waals surface area contributed by atoms with Gasteiger partial charge in [-0.3, -0.25) is 4.98 Å². The second-order valence-corrected chi connectivity index (χ2v) is 5.14. The maximum absolute atomic E-state index is 5.91. The Morgan fingerprint density at radius 2 is 2.11 bits per heavy atom. The standard InChI is InChI=1S/C15H15ClN2O/c16-12-7-14(10-17-9-12)19-15-4-2-1-3-11(15)8-18-13-5-6-13/h1-4,7,9-10,13,18H,5-6,8H2. The molecule has 1 N–H and O–H groups in total. The number of nitrogens with one attached hydrogen (secondary N) is 1. The number of rotatable bonds is 5. The number of para-hydroxylation sites is 1. The van der Waals surface area contributed by atoms with E-state index in [4.69, 9.17) is 16.3 Å². The molecule has 0 atom stereocenters. The highest BCUT2D eigenvalue weighted by Crippen LogP contribution is 2.27. The summed E-state index contributed by atoms with van der Waals surface area (Å²) < 4.78 is 5.86. The first kappa shape index (κ1) is 12.5. The molecule has 19 heavy (non-hydrogen) atoms. The molecule has 3 nitrogen and oxygen atoms in total. The number of aromatic nitrogens is 1. The molecule has 3 rings (SSSR count). The van der Waals surface area contributed by atoms with Crippen molar-refractivity contribution in [2.75, 3.05) is 0 Å². The smallest absolute Gasteiger partial charge is 0.147 e. The molecule has 0 bridgehead atoms. The Morgan fingerprint density at radius 3 is 2.89 bits per heavy atom. The lowest BCUT2D eigenvalue weighted by Crippen LogP contribution is -2.15. The fourth-order valence-corrected chi connectivity index (χ4v) is 2.03. The minimum Gasteiger partial charge on any atom is -0.455 e. The van der Waals surface area contributed by atoms with Crippen molar-refractivity contribution in [1.82, 2.24) is 10.3 Å². The first-order chi connectivity index (χ1) is 9.31. The molecule has 0 amide bonds. The Bertz CT molecular complexity index is 570. The number of hydrogen-bond acceptors (Lipinski definition) is 3. The molecule has 0 saturated heterocycles. The lowest BCUT2D eigenvalue weighted by Gasteiger charge is -2.11. The molecule has 98 valence electrons. The van der Waals surface area contributed by atoms with Crippen molar-refractivity contribution in [2.45, 2.75) is 25.4 Å². The van der Waals surface area contributed by atoms with Crippen LogP contribution in [-0.2, 0) is 6.54 Å². The third-order valence-electron chi connectivity index (χ3n) is 3.04. The average molecular weight is 275 g/mol. The van der Waals surface area contributed by atoms with E-state index in [1.807, 2.05) is 18.2 Å². The van der Waals surface area contributed by atoms with Crippen LogP contribution in [0.2, 0.25) is 5.02 Å². The SMILES string of the molecule is Clc1cncc(Oc2ccccc2CNC2CC2)c1. The summed E-state index contributed by atoms with van der Waals surface area (Å²) in [5, 5.41) is 4.06. The fourth-order valence-electron chi connectivity index (χ4n) is 1.87. The van der Waals surface area contributed by atoms with E-state index >= 15 is 0 Å². The van der Waals surface area contributed by atoms with Gasteiger partial charge < -0.3 is 10.1 Å². The van der Waals surface area contributed by atoms with Crippen LogP contribution in [0.3, 0.4) is 0 Å². The number of hydrogen-bond donors (Lipinski definition) is 1. The van der Waals surface area contributed by atoms with E-state index in [1.54, 1.807) is 18.5 Å². The molecular formula is C15H15ClN2O. The topological polar surface area (TPSA) is 34.1 Å². The molecule has 1 fully saturated rings. The largest absolute Gasteiger partial charge is 0.455 e. The third-order valence-corrected chi connectivity index (χ3v) is 3.25. The summed E-state index contributed by atoms with van der Waals surface area (Å²) in [5.41, 5.74) is 1.15. The van der Waals surface area contributed by atoms with Crippen LogP contribution >= 0.6 is 11.6 Å². The second kappa shape index (κ2) is 5.59. The Balaban J connectivity index is 1.75. The van der Waals surface area contributed by atoms with Crippen molar-refractivity contribution >= 4 is 11.6 Å². The van der Waals surface area contributed by atoms with Gasteiger partial charge in [0.2, 0.25) is 0 Å². The number of benzene rings is 1. The van der Waals surface area contributed by atoms with Crippen molar-refractivity contribution in [1.29, 1.82) is 0 Å². The summed E-state index contributed by atoms with van der Waals surface area (Å²) in [4.78, 5) is 4.02. The highest BCUT2D eigenvalue weighted by Gasteiger charge is 2.20. The van der Waals surface area contributed by atoms with Crippen LogP contribution in [0.15, 0.2) is 42.7 Å². The van der Waals surface area contributed by atoms with E-state index in [2.05, 4.69) is 16.4 Å². The van der Waals surface area contributed by atoms with E-state index in [9.17, 15) is 0 Å². The van der Waals surface area contributed by atoms with Gasteiger partial charge in [0.25, 0.3) is 0 Å². The van der Waals surface area contributed by atoms with Crippen molar-refractivity contribution < 1.29 is 4.74 Å². The van der Waals surface area contributed by atoms with Gasteiger partial charge in [-0.2, -0.15) is 0 Å². The summed E-state index contributed by atoms with van der Waals surface area (Å²) in [6.07, 6.45) is 5.81. The van der Waals surface area contributed by atoms with Gasteiger partial charge >= 0.3 is 0 Å². The first-order valence-electron chi connectivity index (χ1n) is 6.41. The molecule has 2 aromatic rings. The van der Waals surface area contributed by atoms with Gasteiger partial charge in [-0.1, -0.05) is 29.8 Å². The van der Waals surface area contributed by atoms with E-state index in [1.165, 1.54) is 12.8 Å². The second-order valence-electron chi connectivity index (χ2n) is 4.70. The van der Waals surface area contributed by atoms with Gasteiger partial charge in [-0.05, 0) is 18.9 Å². The highest BCUT2D eigenvalue weighted by atomic mass is 35.5. The summed E-state index contributed by atoms with van der Waals surface area (Å²) in [6.45, 7) is 0.828. The molecule has 1 aliphatic rings. The lowest BCUT2D eigenvalue weighted by atomic mass is 10.2. The zero-order valence-corrected chi connectivity index (χ0v) is 11.2. The number of halogens is 1. The monoisotopic (exact) mass is 274 g/mol. The molecule has 0 spiro atoms. The zero-order chi connectivity index (χ0) is 13.1. The molecule has 0 unspecified atom stereocenters. The Kier molecular flexibility index (Phi) is 3.67. The molecule has 0 aliphatic heterocycles. The van der Waals surface area contributed by atoms with Crippen LogP contribution in [0.4, 0.5) is 0 Å². The zero-order valence-electron chi connectivity index (χ0n) is 10.5. The normalized spacial score (nSPS) is 14.4. The van der Waals surface area contributed by atoms with Gasteiger partial charge in [-0.25, -0.2) is 0 Å². The molecule has 1 aromatic carbocycles. The van der Waals surface area contributed by atoms with Crippen molar-refractivity contribution in [2.24, 2.45) is 0 Å². The van der Waals surface area contributed by atoms with Crippen LogP contribution in [0.1, 0.15) is 18.4 Å². The molecule has 1 heterocycles. The first-order valence-corrected chi connectivity index (χ1v) is 6.79. The van der Waals surface area contributed by atoms with E-state index < -0.39 is 0 Å². The molecule has 1 aromatic heterocycles. The van der Waals surface area contributed by atoms with Crippen LogP contribution in [-0.4, -0.2) is 11.0 Å². The molecule has 4 heteroatoms. The van der Waals surface area contributed by atoms with Gasteiger partial charge in [0.1, 0.15) is 11.5 Å². The summed E-state index contributed by atoms with van der Waals surface area (Å²) in [6, 6.07) is 10.5. The van der Waals surface area contributed by atoms with Crippen LogP contribution in [0, 0.1) is 0 Å². The molecule has 1 aliphatic carbocycles. The summed E-state index contributed by atoms with van der Waals surface area (Å²) >= 11 is 5.91. The lowest BCUT2D eigenvalue weighted by molar-refractivity contribution is 0.470. The highest BCUT2D eigenvalue weighted by molar-refractivity contribution is 6.30. The van der Waals surface area contributed by atoms with Crippen molar-refractivity contribution in [3.05, 3.63) is 53.3 Å². The number of ether oxygens (including phenoxy) is 1. The predicted octanol–water partition coefficient (Wildman–Crippen LogP) is 3.78. The van der Waals surface area contributed by atoms with E-state index in [0.717, 1.165) is 17.9 Å². The van der Waals surface area contributed by atoms with E-state index in [-0.39, 0.29) is 0 Å². The molecular weight excluding hydrogens is 260 g/mol. The Hall–Kier alpha value is -1.58. The van der Waals surface area contributed by atoms with E-state index in [0.29, 0.717) is 16.8 Å². The fraction of sp³-hybridized carbons (Fsp3) is 0.267. The number of pyridine rings is 1. The van der Waals surface area contributed by atoms with Crippen LogP contribution in [0.25, 0.3) is 0 Å². The van der Waals surface area contributed by atoms with Crippen molar-refractivity contribution in [3.63, 3.8) is 0 Å². The molecule has 1 saturated carbocycles. The Labute approximate surface area is 117 Å². The quantitative estimate of drug-likeness (QED) is 0.901. The Morgan fingerprint density at radius 1 is 1.26 bits per heavy atom. The minimum atomic E-state index is 0.575. The van der Waals surface area contributed by atoms with Crippen molar-refractivity contribution in [3.8, 4) is 11.5 Å². The maximum Gasteiger partial charge on any atom is 0.147 e. The van der Waals surface area contributed by atoms with Gasteiger partial charge in [-0.15, -0.1) is 0 Å². The minimum absolute atomic E-state index is 0.575. The maximum atomic E-state index is 5.91. The van der Waals surface area contributed by atoms with Gasteiger partial charge in [0, 0.05) is 30.4 Å². The van der Waals surface area contributed by atoms with Crippen LogP contribution in [0.5, 0.6) is 11.5 Å². The number of nitrogens with zero attached hydrogens (tertiary/aromatic N) is 1. The summed E-state index contributed by atoms with van der Waals surface area (Å²) in [5.74, 6) is 1.51. The third kappa shape index (κ3) is 3.46. The van der Waals surface area contributed by atoms with Gasteiger partial charge in [0.05, 0.1) is 11.2 Å². The van der Waals surface area contributed by atoms with Crippen LogP contribution < -0.4 is 10.1 Å². The predicted molar refractivity (Wildman–Crippen MR) is 75.6 cm³/mol. The summed E-state index contributed by atoms with van der Waals surface area (Å²) in [7, 11) is 0. The average Bonchev–Trinajstić information content (AvgIpc) is 3.22. The van der Waals surface area contributed by atoms with Gasteiger partial charge in [0.15, 0.2) is 0 Å². The molecule has 0 radical (unpaired) electrons.